The highest BCUT2D eigenvalue weighted by molar-refractivity contribution is 5.77. The fourth-order valence-corrected chi connectivity index (χ4v) is 3.93. The largest absolute Gasteiger partial charge is 0.468 e. The maximum atomic E-state index is 12.1. The van der Waals surface area contributed by atoms with E-state index in [2.05, 4.69) is 0 Å². The summed E-state index contributed by atoms with van der Waals surface area (Å²) in [6.45, 7) is 2.02. The molecule has 2 bridgehead atoms. The molecule has 114 valence electrons. The Balaban J connectivity index is 1.93. The van der Waals surface area contributed by atoms with E-state index in [0.29, 0.717) is 6.42 Å². The molecule has 1 aliphatic carbocycles. The fraction of sp³-hybridized carbons (Fsp3) is 0.562. The van der Waals surface area contributed by atoms with Crippen molar-refractivity contribution in [3.63, 3.8) is 0 Å². The molecule has 1 heterocycles. The zero-order chi connectivity index (χ0) is 15.1. The highest BCUT2D eigenvalue weighted by Gasteiger charge is 2.60. The molecule has 5 nitrogen and oxygen atoms in total. The Morgan fingerprint density at radius 3 is 2.57 bits per heavy atom. The third kappa shape index (κ3) is 2.16. The van der Waals surface area contributed by atoms with Crippen LogP contribution in [0.4, 0.5) is 0 Å². The fourth-order valence-electron chi connectivity index (χ4n) is 3.93. The Morgan fingerprint density at radius 2 is 1.95 bits per heavy atom. The molecule has 1 aromatic rings. The van der Waals surface area contributed by atoms with Gasteiger partial charge in [0, 0.05) is 18.0 Å². The van der Waals surface area contributed by atoms with Crippen LogP contribution in [-0.4, -0.2) is 52.5 Å². The molecule has 0 amide bonds. The van der Waals surface area contributed by atoms with Crippen LogP contribution in [0.2, 0.25) is 0 Å². The Morgan fingerprint density at radius 1 is 1.29 bits per heavy atom. The zero-order valence-corrected chi connectivity index (χ0v) is 12.2. The van der Waals surface area contributed by atoms with E-state index >= 15 is 0 Å². The molecule has 0 radical (unpaired) electrons. The molecule has 3 rings (SSSR count). The van der Waals surface area contributed by atoms with Crippen molar-refractivity contribution in [2.24, 2.45) is 5.92 Å². The maximum Gasteiger partial charge on any atom is 0.323 e. The summed E-state index contributed by atoms with van der Waals surface area (Å²) in [5.41, 5.74) is 1.08. The number of aliphatic hydroxyl groups excluding tert-OH is 2. The SMILES string of the molecule is COC(=O)[C@H]1[C@H]2C[C@H]([C@H](O)[C@@H]2O)N1[C@@H](C)c1ccccc1. The molecule has 1 aromatic carbocycles. The van der Waals surface area contributed by atoms with Crippen molar-refractivity contribution < 1.29 is 19.7 Å². The van der Waals surface area contributed by atoms with E-state index in [-0.39, 0.29) is 24.0 Å². The van der Waals surface area contributed by atoms with Crippen LogP contribution in [0, 0.1) is 5.92 Å². The van der Waals surface area contributed by atoms with Crippen LogP contribution in [0.3, 0.4) is 0 Å². The number of rotatable bonds is 3. The van der Waals surface area contributed by atoms with Crippen molar-refractivity contribution >= 4 is 5.97 Å². The first-order chi connectivity index (χ1) is 10.1. The highest BCUT2D eigenvalue weighted by Crippen LogP contribution is 2.47. The van der Waals surface area contributed by atoms with Crippen molar-refractivity contribution in [1.29, 1.82) is 0 Å². The number of benzene rings is 1. The number of aliphatic hydroxyl groups is 2. The topological polar surface area (TPSA) is 70.0 Å². The Kier molecular flexibility index (Phi) is 3.73. The van der Waals surface area contributed by atoms with Crippen molar-refractivity contribution in [3.8, 4) is 0 Å². The Bertz CT molecular complexity index is 520. The third-order valence-corrected chi connectivity index (χ3v) is 4.98. The quantitative estimate of drug-likeness (QED) is 0.803. The lowest BCUT2D eigenvalue weighted by molar-refractivity contribution is -0.157. The first-order valence-corrected chi connectivity index (χ1v) is 7.32. The summed E-state index contributed by atoms with van der Waals surface area (Å²) >= 11 is 0. The predicted octanol–water partition coefficient (Wildman–Crippen LogP) is 0.715. The molecule has 1 aliphatic heterocycles. The lowest BCUT2D eigenvalue weighted by Gasteiger charge is -2.42. The number of nitrogens with zero attached hydrogens (tertiary/aromatic N) is 1. The molecule has 2 aliphatic rings. The van der Waals surface area contributed by atoms with E-state index in [4.69, 9.17) is 4.74 Å². The highest BCUT2D eigenvalue weighted by atomic mass is 16.5. The van der Waals surface area contributed by atoms with Gasteiger partial charge in [0.25, 0.3) is 0 Å². The number of hydrogen-bond donors (Lipinski definition) is 2. The summed E-state index contributed by atoms with van der Waals surface area (Å²) in [4.78, 5) is 14.1. The normalized spacial score (nSPS) is 36.7. The van der Waals surface area contributed by atoms with Crippen molar-refractivity contribution in [2.75, 3.05) is 7.11 Å². The summed E-state index contributed by atoms with van der Waals surface area (Å²) in [7, 11) is 1.36. The smallest absolute Gasteiger partial charge is 0.323 e. The van der Waals surface area contributed by atoms with Gasteiger partial charge in [0.05, 0.1) is 19.3 Å². The molecule has 1 saturated carbocycles. The Hall–Kier alpha value is -1.43. The van der Waals surface area contributed by atoms with Gasteiger partial charge >= 0.3 is 5.97 Å². The van der Waals surface area contributed by atoms with Gasteiger partial charge in [-0.25, -0.2) is 0 Å². The van der Waals surface area contributed by atoms with Crippen LogP contribution in [0.5, 0.6) is 0 Å². The standard InChI is InChI=1S/C16H21NO4/c1-9(10-6-4-3-5-7-10)17-12-8-11(14(18)15(12)19)13(17)16(20)21-2/h3-7,9,11-15,18-19H,8H2,1-2H3/t9-,11+,12+,13+,14+,15-/m0/s1. The summed E-state index contributed by atoms with van der Waals surface area (Å²) < 4.78 is 4.91. The van der Waals surface area contributed by atoms with E-state index < -0.39 is 18.2 Å². The van der Waals surface area contributed by atoms with Crippen LogP contribution in [0.25, 0.3) is 0 Å². The lowest BCUT2D eigenvalue weighted by Crippen LogP contribution is -2.57. The van der Waals surface area contributed by atoms with Gasteiger partial charge in [0.1, 0.15) is 6.04 Å². The Labute approximate surface area is 124 Å². The van der Waals surface area contributed by atoms with Gasteiger partial charge in [0.15, 0.2) is 0 Å². The second-order valence-corrected chi connectivity index (χ2v) is 5.95. The number of hydrogen-bond acceptors (Lipinski definition) is 5. The minimum Gasteiger partial charge on any atom is -0.468 e. The average Bonchev–Trinajstić information content (AvgIpc) is 3.04. The molecule has 21 heavy (non-hydrogen) atoms. The van der Waals surface area contributed by atoms with E-state index in [1.54, 1.807) is 0 Å². The van der Waals surface area contributed by atoms with Gasteiger partial charge in [0.2, 0.25) is 0 Å². The van der Waals surface area contributed by atoms with E-state index in [9.17, 15) is 15.0 Å². The van der Waals surface area contributed by atoms with Crippen LogP contribution in [0.15, 0.2) is 30.3 Å². The molecule has 1 saturated heterocycles. The van der Waals surface area contributed by atoms with E-state index in [1.807, 2.05) is 42.2 Å². The number of likely N-dealkylation sites (tertiary alicyclic amines) is 1. The number of carbonyl (C=O) groups is 1. The molecule has 2 fully saturated rings. The van der Waals surface area contributed by atoms with Crippen LogP contribution < -0.4 is 0 Å². The molecule has 6 atom stereocenters. The monoisotopic (exact) mass is 291 g/mol. The van der Waals surface area contributed by atoms with Gasteiger partial charge in [-0.05, 0) is 18.9 Å². The molecule has 0 aromatic heterocycles. The van der Waals surface area contributed by atoms with Gasteiger partial charge in [-0.1, -0.05) is 30.3 Å². The predicted molar refractivity (Wildman–Crippen MR) is 76.4 cm³/mol. The molecular formula is C16H21NO4. The van der Waals surface area contributed by atoms with Crippen LogP contribution >= 0.6 is 0 Å². The van der Waals surface area contributed by atoms with Crippen molar-refractivity contribution in [2.45, 2.75) is 43.7 Å². The second kappa shape index (κ2) is 5.40. The van der Waals surface area contributed by atoms with Gasteiger partial charge in [-0.3, -0.25) is 9.69 Å². The minimum atomic E-state index is -0.849. The van der Waals surface area contributed by atoms with Crippen LogP contribution in [-0.2, 0) is 9.53 Å². The number of fused-ring (bicyclic) bond motifs is 2. The lowest BCUT2D eigenvalue weighted by atomic mass is 9.92. The van der Waals surface area contributed by atoms with Gasteiger partial charge in [-0.2, -0.15) is 0 Å². The molecule has 2 N–H and O–H groups in total. The summed E-state index contributed by atoms with van der Waals surface area (Å²) in [6, 6.07) is 9.16. The number of carbonyl (C=O) groups excluding carboxylic acids is 1. The zero-order valence-electron chi connectivity index (χ0n) is 12.2. The molecule has 0 unspecified atom stereocenters. The average molecular weight is 291 g/mol. The number of methoxy groups -OCH3 is 1. The van der Waals surface area contributed by atoms with Crippen molar-refractivity contribution in [1.82, 2.24) is 4.90 Å². The molecule has 0 spiro atoms. The molecular weight excluding hydrogens is 270 g/mol. The van der Waals surface area contributed by atoms with E-state index in [0.717, 1.165) is 5.56 Å². The van der Waals surface area contributed by atoms with Crippen LogP contribution in [0.1, 0.15) is 24.9 Å². The van der Waals surface area contributed by atoms with Crippen molar-refractivity contribution in [3.05, 3.63) is 35.9 Å². The van der Waals surface area contributed by atoms with Gasteiger partial charge in [-0.15, -0.1) is 0 Å². The second-order valence-electron chi connectivity index (χ2n) is 5.95. The first-order valence-electron chi connectivity index (χ1n) is 7.32. The maximum absolute atomic E-state index is 12.1. The number of esters is 1. The summed E-state index contributed by atoms with van der Waals surface area (Å²) in [5, 5.41) is 20.3. The van der Waals surface area contributed by atoms with E-state index in [1.165, 1.54) is 7.11 Å². The number of piperidine rings is 1. The summed E-state index contributed by atoms with van der Waals surface area (Å²) in [5.74, 6) is -0.597. The number of ether oxygens (including phenoxy) is 1. The molecule has 5 heteroatoms. The van der Waals surface area contributed by atoms with Gasteiger partial charge < -0.3 is 14.9 Å². The third-order valence-electron chi connectivity index (χ3n) is 4.98. The minimum absolute atomic E-state index is 0.0209. The first kappa shape index (κ1) is 14.5. The summed E-state index contributed by atoms with van der Waals surface area (Å²) in [6.07, 6.45) is -1.03.